The van der Waals surface area contributed by atoms with Crippen molar-refractivity contribution in [2.75, 3.05) is 23.8 Å². The summed E-state index contributed by atoms with van der Waals surface area (Å²) in [4.78, 5) is 34.7. The van der Waals surface area contributed by atoms with Crippen LogP contribution in [0.2, 0.25) is 0 Å². The van der Waals surface area contributed by atoms with Crippen molar-refractivity contribution in [1.29, 1.82) is 0 Å². The van der Waals surface area contributed by atoms with Gasteiger partial charge in [0.1, 0.15) is 5.75 Å². The van der Waals surface area contributed by atoms with Crippen LogP contribution < -0.4 is 15.4 Å². The van der Waals surface area contributed by atoms with E-state index in [1.807, 2.05) is 31.2 Å². The topological polar surface area (TPSA) is 93.7 Å². The third-order valence-corrected chi connectivity index (χ3v) is 3.65. The van der Waals surface area contributed by atoms with Gasteiger partial charge in [-0.1, -0.05) is 23.8 Å². The van der Waals surface area contributed by atoms with Crippen LogP contribution in [0, 0.1) is 6.92 Å². The monoisotopic (exact) mass is 384 g/mol. The molecule has 0 aliphatic rings. The van der Waals surface area contributed by atoms with Crippen LogP contribution in [0.25, 0.3) is 0 Å². The highest BCUT2D eigenvalue weighted by Gasteiger charge is 2.08. The summed E-state index contributed by atoms with van der Waals surface area (Å²) in [5.41, 5.74) is 2.21. The summed E-state index contributed by atoms with van der Waals surface area (Å²) < 4.78 is 10.5. The van der Waals surface area contributed by atoms with Gasteiger partial charge in [-0.2, -0.15) is 0 Å². The number of nitrogens with one attached hydrogen (secondary N) is 2. The summed E-state index contributed by atoms with van der Waals surface area (Å²) >= 11 is 0. The van der Waals surface area contributed by atoms with Gasteiger partial charge in [-0.3, -0.25) is 14.4 Å². The van der Waals surface area contributed by atoms with Gasteiger partial charge in [0.25, 0.3) is 5.91 Å². The Labute approximate surface area is 164 Å². The number of amides is 2. The minimum atomic E-state index is -0.463. The minimum absolute atomic E-state index is 0.164. The molecule has 2 aromatic carbocycles. The highest BCUT2D eigenvalue weighted by molar-refractivity contribution is 5.94. The van der Waals surface area contributed by atoms with Gasteiger partial charge in [0.2, 0.25) is 5.91 Å². The van der Waals surface area contributed by atoms with Gasteiger partial charge in [-0.15, -0.1) is 0 Å². The molecule has 0 aliphatic carbocycles. The van der Waals surface area contributed by atoms with Crippen LogP contribution in [-0.4, -0.2) is 31.0 Å². The fraction of sp³-hybridized carbons (Fsp3) is 0.286. The first kappa shape index (κ1) is 21.0. The summed E-state index contributed by atoms with van der Waals surface area (Å²) in [6.07, 6.45) is 0.657. The van der Waals surface area contributed by atoms with Crippen LogP contribution in [0.5, 0.6) is 5.75 Å². The second-order valence-corrected chi connectivity index (χ2v) is 6.24. The largest absolute Gasteiger partial charge is 0.494 e. The summed E-state index contributed by atoms with van der Waals surface area (Å²) in [6, 6.07) is 14.3. The van der Waals surface area contributed by atoms with Crippen LogP contribution in [-0.2, 0) is 19.1 Å². The van der Waals surface area contributed by atoms with Crippen molar-refractivity contribution in [3.63, 3.8) is 0 Å². The molecule has 0 atom stereocenters. The molecule has 0 unspecified atom stereocenters. The van der Waals surface area contributed by atoms with Gasteiger partial charge in [-0.05, 0) is 43.7 Å². The fourth-order valence-electron chi connectivity index (χ4n) is 2.33. The predicted molar refractivity (Wildman–Crippen MR) is 106 cm³/mol. The maximum absolute atomic E-state index is 11.9. The Hall–Kier alpha value is -3.35. The zero-order valence-electron chi connectivity index (χ0n) is 16.0. The number of carbonyl (C=O) groups is 3. The average Bonchev–Trinajstić information content (AvgIpc) is 2.65. The Balaban J connectivity index is 1.64. The molecular weight excluding hydrogens is 360 g/mol. The summed E-state index contributed by atoms with van der Waals surface area (Å²) in [6.45, 7) is 3.41. The third kappa shape index (κ3) is 7.90. The third-order valence-electron chi connectivity index (χ3n) is 3.65. The summed E-state index contributed by atoms with van der Waals surface area (Å²) in [7, 11) is 0. The molecule has 148 valence electrons. The predicted octanol–water partition coefficient (Wildman–Crippen LogP) is 3.29. The number of benzene rings is 2. The second-order valence-electron chi connectivity index (χ2n) is 6.24. The number of carbonyl (C=O) groups excluding carboxylic acids is 3. The van der Waals surface area contributed by atoms with Crippen LogP contribution in [0.1, 0.15) is 25.3 Å². The van der Waals surface area contributed by atoms with Gasteiger partial charge in [0, 0.05) is 24.7 Å². The molecule has 7 nitrogen and oxygen atoms in total. The average molecular weight is 384 g/mol. The van der Waals surface area contributed by atoms with Crippen molar-refractivity contribution in [1.82, 2.24) is 0 Å². The molecule has 0 saturated carbocycles. The molecule has 0 radical (unpaired) electrons. The van der Waals surface area contributed by atoms with Crippen molar-refractivity contribution >= 4 is 29.2 Å². The molecule has 0 saturated heterocycles. The van der Waals surface area contributed by atoms with Gasteiger partial charge < -0.3 is 20.1 Å². The van der Waals surface area contributed by atoms with Crippen molar-refractivity contribution in [2.24, 2.45) is 0 Å². The van der Waals surface area contributed by atoms with E-state index in [1.54, 1.807) is 24.3 Å². The molecule has 0 fully saturated rings. The second kappa shape index (κ2) is 10.7. The van der Waals surface area contributed by atoms with Crippen molar-refractivity contribution in [3.05, 3.63) is 54.1 Å². The first-order valence-electron chi connectivity index (χ1n) is 8.95. The van der Waals surface area contributed by atoms with E-state index in [9.17, 15) is 14.4 Å². The number of aryl methyl sites for hydroxylation is 1. The molecule has 2 N–H and O–H groups in total. The van der Waals surface area contributed by atoms with Crippen LogP contribution in [0.3, 0.4) is 0 Å². The van der Waals surface area contributed by atoms with E-state index < -0.39 is 11.9 Å². The Kier molecular flexibility index (Phi) is 8.02. The normalized spacial score (nSPS) is 10.1. The maximum atomic E-state index is 11.9. The van der Waals surface area contributed by atoms with E-state index in [0.29, 0.717) is 24.4 Å². The Morgan fingerprint density at radius 2 is 1.64 bits per heavy atom. The molecule has 0 bridgehead atoms. The van der Waals surface area contributed by atoms with E-state index in [-0.39, 0.29) is 18.9 Å². The van der Waals surface area contributed by atoms with Crippen molar-refractivity contribution < 1.29 is 23.9 Å². The highest BCUT2D eigenvalue weighted by atomic mass is 16.5. The lowest BCUT2D eigenvalue weighted by Gasteiger charge is -2.09. The number of hydrogen-bond donors (Lipinski definition) is 2. The molecule has 2 aromatic rings. The van der Waals surface area contributed by atoms with Gasteiger partial charge in [0.05, 0.1) is 6.61 Å². The van der Waals surface area contributed by atoms with E-state index in [1.165, 1.54) is 6.92 Å². The highest BCUT2D eigenvalue weighted by Crippen LogP contribution is 2.15. The van der Waals surface area contributed by atoms with Gasteiger partial charge in [-0.25, -0.2) is 0 Å². The van der Waals surface area contributed by atoms with E-state index in [2.05, 4.69) is 10.6 Å². The van der Waals surface area contributed by atoms with E-state index in [4.69, 9.17) is 9.47 Å². The molecule has 2 rings (SSSR count). The SMILES string of the molecule is CC(=O)Nc1cccc(NC(=O)COC(=O)CCCOc2ccc(C)cc2)c1. The number of ether oxygens (including phenoxy) is 2. The van der Waals surface area contributed by atoms with Gasteiger partial charge >= 0.3 is 5.97 Å². The minimum Gasteiger partial charge on any atom is -0.494 e. The number of anilines is 2. The molecular formula is C21H24N2O5. The maximum Gasteiger partial charge on any atom is 0.306 e. The standard InChI is InChI=1S/C21H24N2O5/c1-15-8-10-19(11-9-15)27-12-4-7-21(26)28-14-20(25)23-18-6-3-5-17(13-18)22-16(2)24/h3,5-6,8-11,13H,4,7,12,14H2,1-2H3,(H,22,24)(H,23,25). The first-order chi connectivity index (χ1) is 13.4. The molecule has 7 heteroatoms. The zero-order valence-corrected chi connectivity index (χ0v) is 16.0. The Bertz CT molecular complexity index is 818. The first-order valence-corrected chi connectivity index (χ1v) is 8.95. The summed E-state index contributed by atoms with van der Waals surface area (Å²) in [5.74, 6) is -0.373. The molecule has 0 heterocycles. The van der Waals surface area contributed by atoms with Crippen LogP contribution in [0.4, 0.5) is 11.4 Å². The van der Waals surface area contributed by atoms with Crippen LogP contribution in [0.15, 0.2) is 48.5 Å². The lowest BCUT2D eigenvalue weighted by Crippen LogP contribution is -2.21. The lowest BCUT2D eigenvalue weighted by atomic mass is 10.2. The zero-order chi connectivity index (χ0) is 20.4. The number of hydrogen-bond acceptors (Lipinski definition) is 5. The fourth-order valence-corrected chi connectivity index (χ4v) is 2.33. The number of rotatable bonds is 9. The van der Waals surface area contributed by atoms with E-state index >= 15 is 0 Å². The van der Waals surface area contributed by atoms with Crippen molar-refractivity contribution in [2.45, 2.75) is 26.7 Å². The van der Waals surface area contributed by atoms with Crippen LogP contribution >= 0.6 is 0 Å². The molecule has 2 amide bonds. The lowest BCUT2D eigenvalue weighted by molar-refractivity contribution is -0.147. The quantitative estimate of drug-likeness (QED) is 0.511. The molecule has 0 spiro atoms. The van der Waals surface area contributed by atoms with Crippen molar-refractivity contribution in [3.8, 4) is 5.75 Å². The van der Waals surface area contributed by atoms with Gasteiger partial charge in [0.15, 0.2) is 6.61 Å². The molecule has 0 aromatic heterocycles. The number of esters is 1. The Morgan fingerprint density at radius 3 is 2.32 bits per heavy atom. The Morgan fingerprint density at radius 1 is 0.964 bits per heavy atom. The smallest absolute Gasteiger partial charge is 0.306 e. The molecule has 28 heavy (non-hydrogen) atoms. The summed E-state index contributed by atoms with van der Waals surface area (Å²) in [5, 5.41) is 5.24. The van der Waals surface area contributed by atoms with E-state index in [0.717, 1.165) is 11.3 Å². The molecule has 0 aliphatic heterocycles.